The minimum Gasteiger partial charge on any atom is -0.741 e. The number of halogens is 3. The Morgan fingerprint density at radius 2 is 0.984 bits per heavy atom. The summed E-state index contributed by atoms with van der Waals surface area (Å²) in [7, 11) is -6.76. The van der Waals surface area contributed by atoms with Gasteiger partial charge in [0.15, 0.2) is 26.5 Å². The third-order valence-corrected chi connectivity index (χ3v) is 18.0. The number of ether oxygens (including phenoxy) is 4. The predicted octanol–water partition coefficient (Wildman–Crippen LogP) is 10.3. The molecule has 9 nitrogen and oxygen atoms in total. The molecule has 0 spiro atoms. The molecular weight excluding hydrogens is 830 g/mol. The van der Waals surface area contributed by atoms with Crippen LogP contribution in [-0.2, 0) is 40.1 Å². The quantitative estimate of drug-likeness (QED) is 0.0608. The number of carbonyl (C=O) groups excluding carboxylic acids is 2. The van der Waals surface area contributed by atoms with Gasteiger partial charge in [-0.15, -0.1) is 0 Å². The van der Waals surface area contributed by atoms with Gasteiger partial charge in [0.2, 0.25) is 22.4 Å². The van der Waals surface area contributed by atoms with Crippen LogP contribution in [0, 0.1) is 58.2 Å². The molecule has 11 rings (SSSR count). The number of alkyl halides is 3. The number of esters is 2. The van der Waals surface area contributed by atoms with E-state index in [1.807, 2.05) is 30.3 Å². The van der Waals surface area contributed by atoms with Crippen LogP contribution in [0.25, 0.3) is 0 Å². The van der Waals surface area contributed by atoms with Crippen molar-refractivity contribution in [1.29, 1.82) is 0 Å². The Kier molecular flexibility index (Phi) is 12.0. The minimum atomic E-state index is -6.09. The van der Waals surface area contributed by atoms with E-state index in [0.29, 0.717) is 47.3 Å². The van der Waals surface area contributed by atoms with Crippen molar-refractivity contribution in [2.24, 2.45) is 58.2 Å². The highest BCUT2D eigenvalue weighted by atomic mass is 32.2. The number of hydrogen-bond donors (Lipinski definition) is 0. The van der Waals surface area contributed by atoms with E-state index >= 15 is 0 Å². The molecule has 8 bridgehead atoms. The maximum Gasteiger partial charge on any atom is 0.485 e. The number of carbonyl (C=O) groups is 2. The molecule has 3 aromatic rings. The number of benzene rings is 3. The number of rotatable bonds is 11. The topological polar surface area (TPSA) is 128 Å². The molecule has 14 heteroatoms. The molecule has 8 saturated carbocycles. The first-order valence-electron chi connectivity index (χ1n) is 21.5. The summed E-state index contributed by atoms with van der Waals surface area (Å²) in [6.07, 6.45) is 10.6. The van der Waals surface area contributed by atoms with Crippen molar-refractivity contribution < 1.29 is 54.7 Å². The van der Waals surface area contributed by atoms with Gasteiger partial charge < -0.3 is 23.5 Å². The molecule has 8 aliphatic rings. The summed E-state index contributed by atoms with van der Waals surface area (Å²) in [5.41, 5.74) is -6.05. The first-order valence-corrected chi connectivity index (χ1v) is 24.2. The highest BCUT2D eigenvalue weighted by molar-refractivity contribution is 7.97. The zero-order valence-corrected chi connectivity index (χ0v) is 36.6. The predicted molar refractivity (Wildman–Crippen MR) is 220 cm³/mol. The summed E-state index contributed by atoms with van der Waals surface area (Å²) in [6, 6.07) is 27.1. The molecular formula is C47H55F3O9S2. The van der Waals surface area contributed by atoms with E-state index in [-0.39, 0.29) is 22.8 Å². The smallest absolute Gasteiger partial charge is 0.485 e. The van der Waals surface area contributed by atoms with Crippen LogP contribution in [-0.4, -0.2) is 43.0 Å². The van der Waals surface area contributed by atoms with Crippen LogP contribution in [0.1, 0.15) is 91.9 Å². The molecule has 0 N–H and O–H groups in total. The van der Waals surface area contributed by atoms with Gasteiger partial charge in [-0.1, -0.05) is 56.3 Å². The molecule has 8 fully saturated rings. The summed E-state index contributed by atoms with van der Waals surface area (Å²) in [6.45, 7) is 7.78. The fourth-order valence-corrected chi connectivity index (χ4v) is 15.2. The second kappa shape index (κ2) is 16.7. The Bertz CT molecular complexity index is 2060. The summed E-state index contributed by atoms with van der Waals surface area (Å²) in [4.78, 5) is 28.8. The van der Waals surface area contributed by atoms with Crippen molar-refractivity contribution in [3.63, 3.8) is 0 Å². The SMILES string of the molecule is CC(=O)OC(Oc1ccccc1[S+](c1ccccc1)c1ccccc1OC(OC(C)=O)C12CC3CC(CC(C3)C1C)C2)C12CC3CC(CC(C3)C1C)C2.O=S(=O)([O-])C(F)(F)F. The van der Waals surface area contributed by atoms with Gasteiger partial charge in [0, 0.05) is 24.7 Å². The van der Waals surface area contributed by atoms with E-state index in [1.165, 1.54) is 52.4 Å². The molecule has 0 aromatic heterocycles. The zero-order chi connectivity index (χ0) is 43.5. The number of hydrogen-bond acceptors (Lipinski definition) is 9. The molecule has 3 aromatic carbocycles. The largest absolute Gasteiger partial charge is 0.741 e. The lowest BCUT2D eigenvalue weighted by Gasteiger charge is -2.61. The third kappa shape index (κ3) is 8.54. The lowest BCUT2D eigenvalue weighted by Crippen LogP contribution is -2.59. The van der Waals surface area contributed by atoms with E-state index in [0.717, 1.165) is 51.9 Å². The second-order valence-electron chi connectivity index (χ2n) is 18.8. The van der Waals surface area contributed by atoms with Crippen LogP contribution in [0.2, 0.25) is 0 Å². The minimum absolute atomic E-state index is 0.203. The Morgan fingerprint density at radius 1 is 0.639 bits per heavy atom. The lowest BCUT2D eigenvalue weighted by atomic mass is 9.45. The van der Waals surface area contributed by atoms with Crippen LogP contribution >= 0.6 is 0 Å². The maximum absolute atomic E-state index is 12.8. The molecule has 330 valence electrons. The van der Waals surface area contributed by atoms with Crippen LogP contribution in [0.3, 0.4) is 0 Å². The normalized spacial score (nSPS) is 33.4. The molecule has 0 heterocycles. The van der Waals surface area contributed by atoms with Crippen LogP contribution < -0.4 is 9.47 Å². The average molecular weight is 885 g/mol. The molecule has 8 atom stereocenters. The van der Waals surface area contributed by atoms with Gasteiger partial charge in [-0.25, -0.2) is 8.42 Å². The summed E-state index contributed by atoms with van der Waals surface area (Å²) < 4.78 is 85.7. The lowest BCUT2D eigenvalue weighted by molar-refractivity contribution is -0.235. The first-order chi connectivity index (χ1) is 28.9. The molecule has 8 unspecified atom stereocenters. The molecule has 61 heavy (non-hydrogen) atoms. The number of para-hydroxylation sites is 2. The summed E-state index contributed by atoms with van der Waals surface area (Å²) in [5, 5.41) is 0. The maximum atomic E-state index is 12.8. The van der Waals surface area contributed by atoms with E-state index < -0.39 is 39.1 Å². The van der Waals surface area contributed by atoms with E-state index in [9.17, 15) is 22.8 Å². The molecule has 0 amide bonds. The fourth-order valence-electron chi connectivity index (χ4n) is 12.9. The van der Waals surface area contributed by atoms with Crippen molar-refractivity contribution in [3.8, 4) is 11.5 Å². The highest BCUT2D eigenvalue weighted by Crippen LogP contribution is 2.66. The van der Waals surface area contributed by atoms with Crippen LogP contribution in [0.4, 0.5) is 13.2 Å². The monoisotopic (exact) mass is 884 g/mol. The van der Waals surface area contributed by atoms with Crippen molar-refractivity contribution in [2.75, 3.05) is 0 Å². The van der Waals surface area contributed by atoms with Gasteiger partial charge in [0.05, 0.1) is 0 Å². The molecule has 0 radical (unpaired) electrons. The van der Waals surface area contributed by atoms with Gasteiger partial charge in [-0.05, 0) is 148 Å². The summed E-state index contributed by atoms with van der Waals surface area (Å²) >= 11 is 0. The van der Waals surface area contributed by atoms with Crippen molar-refractivity contribution in [1.82, 2.24) is 0 Å². The van der Waals surface area contributed by atoms with Gasteiger partial charge in [-0.2, -0.15) is 13.2 Å². The Hall–Kier alpha value is -3.75. The van der Waals surface area contributed by atoms with E-state index in [1.54, 1.807) is 0 Å². The Morgan fingerprint density at radius 3 is 1.33 bits per heavy atom. The standard InChI is InChI=1S/C46H55O6S.CHF3O3S/c1-28-36-20-32-18-33(21-36)25-45(28,24-32)43(49-30(3)47)51-39-14-8-10-16-41(39)53(38-12-6-5-7-13-38)42-17-11-9-15-40(42)52-44(50-31(4)48)46-26-34-19-35(27-46)23-37(22-34)29(46)2;2-1(3,4)8(5,6)7/h5-17,28-29,32-37,43-44H,18-27H2,1-4H3;(H,5,6,7)/q+1;/p-1. The molecule has 8 aliphatic carbocycles. The molecule has 0 saturated heterocycles. The second-order valence-corrected chi connectivity index (χ2v) is 22.1. The average Bonchev–Trinajstić information content (AvgIpc) is 3.18. The van der Waals surface area contributed by atoms with Crippen molar-refractivity contribution >= 4 is 33.0 Å². The Labute approximate surface area is 359 Å². The van der Waals surface area contributed by atoms with Gasteiger partial charge in [0.1, 0.15) is 10.9 Å². The van der Waals surface area contributed by atoms with Gasteiger partial charge >= 0.3 is 17.4 Å². The van der Waals surface area contributed by atoms with Crippen molar-refractivity contribution in [2.45, 2.75) is 125 Å². The first kappa shape index (κ1) is 43.9. The van der Waals surface area contributed by atoms with Crippen LogP contribution in [0.5, 0.6) is 11.5 Å². The van der Waals surface area contributed by atoms with Crippen molar-refractivity contribution in [3.05, 3.63) is 78.9 Å². The highest BCUT2D eigenvalue weighted by Gasteiger charge is 2.62. The summed E-state index contributed by atoms with van der Waals surface area (Å²) in [5.74, 6) is 5.69. The zero-order valence-electron chi connectivity index (χ0n) is 35.0. The van der Waals surface area contributed by atoms with Gasteiger partial charge in [-0.3, -0.25) is 9.59 Å². The van der Waals surface area contributed by atoms with Gasteiger partial charge in [0.25, 0.3) is 0 Å². The van der Waals surface area contributed by atoms with E-state index in [4.69, 9.17) is 31.9 Å². The van der Waals surface area contributed by atoms with Crippen LogP contribution in [0.15, 0.2) is 93.5 Å². The fraction of sp³-hybridized carbons (Fsp3) is 0.574. The van der Waals surface area contributed by atoms with E-state index in [2.05, 4.69) is 62.4 Å². The molecule has 0 aliphatic heterocycles. The third-order valence-electron chi connectivity index (χ3n) is 15.1. The Balaban J connectivity index is 0.000000586.